The van der Waals surface area contributed by atoms with E-state index < -0.39 is 0 Å². The fourth-order valence-electron chi connectivity index (χ4n) is 3.53. The molecule has 2 aliphatic heterocycles. The molecule has 25 heavy (non-hydrogen) atoms. The lowest BCUT2D eigenvalue weighted by Crippen LogP contribution is -2.40. The number of carbonyl (C=O) groups excluding carboxylic acids is 2. The third-order valence-corrected chi connectivity index (χ3v) is 4.97. The van der Waals surface area contributed by atoms with E-state index in [4.69, 9.17) is 0 Å². The molecule has 1 unspecified atom stereocenters. The maximum absolute atomic E-state index is 12.3. The van der Waals surface area contributed by atoms with Crippen molar-refractivity contribution in [1.82, 2.24) is 5.32 Å². The predicted molar refractivity (Wildman–Crippen MR) is 98.0 cm³/mol. The first-order valence-corrected chi connectivity index (χ1v) is 8.74. The van der Waals surface area contributed by atoms with Crippen molar-refractivity contribution in [3.05, 3.63) is 54.1 Å². The Morgan fingerprint density at radius 1 is 1.08 bits per heavy atom. The molecule has 2 heterocycles. The number of hydrogen-bond donors (Lipinski definition) is 2. The highest BCUT2D eigenvalue weighted by Gasteiger charge is 2.24. The number of carbonyl (C=O) groups is 2. The van der Waals surface area contributed by atoms with Crippen LogP contribution in [0.1, 0.15) is 18.4 Å². The molecule has 0 saturated carbocycles. The summed E-state index contributed by atoms with van der Waals surface area (Å²) in [6.07, 6.45) is 2.09. The first-order valence-electron chi connectivity index (χ1n) is 8.74. The van der Waals surface area contributed by atoms with Gasteiger partial charge in [-0.25, -0.2) is 0 Å². The first kappa shape index (κ1) is 15.7. The highest BCUT2D eigenvalue weighted by Crippen LogP contribution is 2.34. The van der Waals surface area contributed by atoms with Crippen LogP contribution in [0.5, 0.6) is 0 Å². The zero-order valence-electron chi connectivity index (χ0n) is 14.0. The average molecular weight is 335 g/mol. The minimum absolute atomic E-state index is 0.0271. The molecule has 2 N–H and O–H groups in total. The second kappa shape index (κ2) is 6.59. The van der Waals surface area contributed by atoms with Crippen molar-refractivity contribution >= 4 is 28.9 Å². The number of anilines is 3. The number of amides is 2. The highest BCUT2D eigenvalue weighted by molar-refractivity contribution is 5.94. The third kappa shape index (κ3) is 3.22. The van der Waals surface area contributed by atoms with Crippen molar-refractivity contribution < 1.29 is 9.59 Å². The van der Waals surface area contributed by atoms with Crippen molar-refractivity contribution in [2.24, 2.45) is 5.92 Å². The molecular weight excluding hydrogens is 314 g/mol. The number of para-hydroxylation sites is 1. The molecule has 2 aromatic carbocycles. The largest absolute Gasteiger partial charge is 0.355 e. The van der Waals surface area contributed by atoms with Crippen LogP contribution in [0, 0.1) is 5.92 Å². The number of rotatable bonds is 3. The molecule has 1 fully saturated rings. The fraction of sp³-hybridized carbons (Fsp3) is 0.300. The van der Waals surface area contributed by atoms with E-state index in [0.29, 0.717) is 19.4 Å². The van der Waals surface area contributed by atoms with Gasteiger partial charge in [0, 0.05) is 36.6 Å². The van der Waals surface area contributed by atoms with E-state index in [9.17, 15) is 9.59 Å². The van der Waals surface area contributed by atoms with Gasteiger partial charge in [0.1, 0.15) is 0 Å². The first-order chi connectivity index (χ1) is 12.2. The lowest BCUT2D eigenvalue weighted by atomic mass is 9.98. The van der Waals surface area contributed by atoms with Crippen LogP contribution in [-0.2, 0) is 16.0 Å². The summed E-state index contributed by atoms with van der Waals surface area (Å²) in [4.78, 5) is 25.8. The number of hydrogen-bond acceptors (Lipinski definition) is 3. The maximum atomic E-state index is 12.3. The molecule has 0 aliphatic carbocycles. The number of fused-ring (bicyclic) bond motifs is 1. The van der Waals surface area contributed by atoms with Gasteiger partial charge in [0.05, 0.1) is 5.92 Å². The Hall–Kier alpha value is -2.82. The lowest BCUT2D eigenvalue weighted by Gasteiger charge is -2.22. The lowest BCUT2D eigenvalue weighted by molar-refractivity contribution is -0.126. The summed E-state index contributed by atoms with van der Waals surface area (Å²) in [7, 11) is 0. The zero-order valence-corrected chi connectivity index (χ0v) is 14.0. The Bertz CT molecular complexity index is 791. The molecule has 128 valence electrons. The molecule has 2 aromatic rings. The van der Waals surface area contributed by atoms with Crippen LogP contribution in [0.4, 0.5) is 17.1 Å². The second-order valence-corrected chi connectivity index (χ2v) is 6.61. The standard InChI is InChI=1S/C20H21N3O2/c24-19-10-5-15(13-21-19)20(25)22-16-6-8-17(9-7-16)23-12-11-14-3-1-2-4-18(14)23/h1-4,6-9,15H,5,10-13H2,(H,21,24)(H,22,25). The molecule has 2 amide bonds. The minimum atomic E-state index is -0.150. The monoisotopic (exact) mass is 335 g/mol. The highest BCUT2D eigenvalue weighted by atomic mass is 16.2. The number of piperidine rings is 1. The summed E-state index contributed by atoms with van der Waals surface area (Å²) in [6, 6.07) is 16.4. The van der Waals surface area contributed by atoms with Crippen molar-refractivity contribution in [2.75, 3.05) is 23.3 Å². The van der Waals surface area contributed by atoms with Crippen LogP contribution < -0.4 is 15.5 Å². The Labute approximate surface area is 147 Å². The summed E-state index contributed by atoms with van der Waals surface area (Å²) in [5.74, 6) is -0.151. The smallest absolute Gasteiger partial charge is 0.229 e. The maximum Gasteiger partial charge on any atom is 0.229 e. The summed E-state index contributed by atoms with van der Waals surface area (Å²) < 4.78 is 0. The summed E-state index contributed by atoms with van der Waals surface area (Å²) >= 11 is 0. The van der Waals surface area contributed by atoms with E-state index in [1.54, 1.807) is 0 Å². The van der Waals surface area contributed by atoms with Gasteiger partial charge in [0.15, 0.2) is 0 Å². The molecule has 1 atom stereocenters. The van der Waals surface area contributed by atoms with Gasteiger partial charge in [-0.1, -0.05) is 18.2 Å². The van der Waals surface area contributed by atoms with Crippen LogP contribution in [0.15, 0.2) is 48.5 Å². The van der Waals surface area contributed by atoms with Crippen molar-refractivity contribution in [2.45, 2.75) is 19.3 Å². The quantitative estimate of drug-likeness (QED) is 0.907. The average Bonchev–Trinajstić information content (AvgIpc) is 3.07. The van der Waals surface area contributed by atoms with Gasteiger partial charge in [-0.2, -0.15) is 0 Å². The number of nitrogens with one attached hydrogen (secondary N) is 2. The zero-order chi connectivity index (χ0) is 17.2. The van der Waals surface area contributed by atoms with E-state index in [2.05, 4.69) is 39.8 Å². The Morgan fingerprint density at radius 2 is 1.88 bits per heavy atom. The molecule has 5 heteroatoms. The van der Waals surface area contributed by atoms with Gasteiger partial charge in [0.25, 0.3) is 0 Å². The SMILES string of the molecule is O=C1CCC(C(=O)Nc2ccc(N3CCc4ccccc43)cc2)CN1. The Balaban J connectivity index is 1.43. The molecule has 0 bridgehead atoms. The van der Waals surface area contributed by atoms with Crippen LogP contribution in [0.2, 0.25) is 0 Å². The number of benzene rings is 2. The van der Waals surface area contributed by atoms with Gasteiger partial charge in [-0.3, -0.25) is 9.59 Å². The molecule has 2 aliphatic rings. The van der Waals surface area contributed by atoms with Crippen molar-refractivity contribution in [3.8, 4) is 0 Å². The Morgan fingerprint density at radius 3 is 2.64 bits per heavy atom. The van der Waals surface area contributed by atoms with E-state index in [1.807, 2.05) is 24.3 Å². The second-order valence-electron chi connectivity index (χ2n) is 6.61. The van der Waals surface area contributed by atoms with Gasteiger partial charge < -0.3 is 15.5 Å². The van der Waals surface area contributed by atoms with E-state index in [0.717, 1.165) is 24.3 Å². The summed E-state index contributed by atoms with van der Waals surface area (Å²) in [6.45, 7) is 1.40. The summed E-state index contributed by atoms with van der Waals surface area (Å²) in [5.41, 5.74) is 4.56. The Kier molecular flexibility index (Phi) is 4.14. The predicted octanol–water partition coefficient (Wildman–Crippen LogP) is 2.85. The van der Waals surface area contributed by atoms with Crippen LogP contribution in [0.3, 0.4) is 0 Å². The topological polar surface area (TPSA) is 61.4 Å². The molecule has 1 saturated heterocycles. The van der Waals surface area contributed by atoms with Gasteiger partial charge >= 0.3 is 0 Å². The van der Waals surface area contributed by atoms with Gasteiger partial charge in [-0.15, -0.1) is 0 Å². The van der Waals surface area contributed by atoms with E-state index in [1.165, 1.54) is 11.3 Å². The van der Waals surface area contributed by atoms with Gasteiger partial charge in [-0.05, 0) is 48.7 Å². The molecule has 0 radical (unpaired) electrons. The normalized spacial score (nSPS) is 19.3. The molecule has 0 aromatic heterocycles. The van der Waals surface area contributed by atoms with Crippen molar-refractivity contribution in [1.29, 1.82) is 0 Å². The van der Waals surface area contributed by atoms with E-state index in [-0.39, 0.29) is 17.7 Å². The fourth-order valence-corrected chi connectivity index (χ4v) is 3.53. The number of nitrogens with zero attached hydrogens (tertiary/aromatic N) is 1. The van der Waals surface area contributed by atoms with Crippen molar-refractivity contribution in [3.63, 3.8) is 0 Å². The molecule has 4 rings (SSSR count). The minimum Gasteiger partial charge on any atom is -0.355 e. The molecular formula is C20H21N3O2. The summed E-state index contributed by atoms with van der Waals surface area (Å²) in [5, 5.41) is 5.70. The van der Waals surface area contributed by atoms with E-state index >= 15 is 0 Å². The molecule has 5 nitrogen and oxygen atoms in total. The third-order valence-electron chi connectivity index (χ3n) is 4.97. The van der Waals surface area contributed by atoms with Gasteiger partial charge in [0.2, 0.25) is 11.8 Å². The molecule has 0 spiro atoms. The van der Waals surface area contributed by atoms with Crippen LogP contribution >= 0.6 is 0 Å². The van der Waals surface area contributed by atoms with Crippen LogP contribution in [0.25, 0.3) is 0 Å². The van der Waals surface area contributed by atoms with Crippen LogP contribution in [-0.4, -0.2) is 24.9 Å².